The van der Waals surface area contributed by atoms with Gasteiger partial charge in [-0.05, 0) is 29.7 Å². The molecule has 0 aliphatic carbocycles. The van der Waals surface area contributed by atoms with E-state index in [1.165, 1.54) is 22.8 Å². The lowest BCUT2D eigenvalue weighted by Crippen LogP contribution is -2.14. The van der Waals surface area contributed by atoms with Crippen LogP contribution in [0.25, 0.3) is 0 Å². The molecule has 0 saturated carbocycles. The van der Waals surface area contributed by atoms with Gasteiger partial charge in [0.15, 0.2) is 0 Å². The van der Waals surface area contributed by atoms with Crippen molar-refractivity contribution in [3.63, 3.8) is 0 Å². The van der Waals surface area contributed by atoms with E-state index in [-0.39, 0.29) is 11.9 Å². The van der Waals surface area contributed by atoms with E-state index in [4.69, 9.17) is 0 Å². The van der Waals surface area contributed by atoms with Crippen LogP contribution in [0.4, 0.5) is 4.39 Å². The average molecular weight is 227 g/mol. The highest BCUT2D eigenvalue weighted by Crippen LogP contribution is 2.33. The largest absolute Gasteiger partial charge is 0.302 e. The van der Waals surface area contributed by atoms with Crippen LogP contribution >= 0.6 is 0 Å². The van der Waals surface area contributed by atoms with Crippen molar-refractivity contribution in [3.05, 3.63) is 70.5 Å². The fourth-order valence-electron chi connectivity index (χ4n) is 2.54. The minimum absolute atomic E-state index is 0.00824. The highest BCUT2D eigenvalue weighted by molar-refractivity contribution is 5.44. The quantitative estimate of drug-likeness (QED) is 0.788. The normalized spacial score (nSPS) is 18.1. The van der Waals surface area contributed by atoms with Gasteiger partial charge in [0.2, 0.25) is 0 Å². The van der Waals surface area contributed by atoms with Crippen molar-refractivity contribution in [1.82, 2.24) is 5.32 Å². The summed E-state index contributed by atoms with van der Waals surface area (Å²) in [6.45, 7) is 2.92. The van der Waals surface area contributed by atoms with Gasteiger partial charge in [0, 0.05) is 12.1 Å². The molecule has 0 radical (unpaired) electrons. The number of aryl methyl sites for hydroxylation is 1. The van der Waals surface area contributed by atoms with Gasteiger partial charge < -0.3 is 5.32 Å². The Labute approximate surface area is 100 Å². The van der Waals surface area contributed by atoms with E-state index < -0.39 is 0 Å². The van der Waals surface area contributed by atoms with E-state index in [2.05, 4.69) is 24.4 Å². The van der Waals surface area contributed by atoms with Gasteiger partial charge in [0.1, 0.15) is 5.82 Å². The van der Waals surface area contributed by atoms with Crippen molar-refractivity contribution in [2.45, 2.75) is 19.5 Å². The maximum Gasteiger partial charge on any atom is 0.128 e. The second-order valence-electron chi connectivity index (χ2n) is 4.48. The molecule has 3 rings (SSSR count). The summed E-state index contributed by atoms with van der Waals surface area (Å²) in [4.78, 5) is 0. The highest BCUT2D eigenvalue weighted by atomic mass is 19.1. The predicted molar refractivity (Wildman–Crippen MR) is 66.3 cm³/mol. The van der Waals surface area contributed by atoms with Crippen LogP contribution in [0.1, 0.15) is 28.3 Å². The summed E-state index contributed by atoms with van der Waals surface area (Å²) in [5.74, 6) is -0.139. The van der Waals surface area contributed by atoms with E-state index in [9.17, 15) is 4.39 Å². The lowest BCUT2D eigenvalue weighted by molar-refractivity contribution is 0.572. The molecule has 2 aromatic rings. The van der Waals surface area contributed by atoms with Crippen LogP contribution in [0.2, 0.25) is 0 Å². The Morgan fingerprint density at radius 2 is 1.82 bits per heavy atom. The minimum atomic E-state index is -0.139. The molecule has 1 nitrogen and oxygen atoms in total. The van der Waals surface area contributed by atoms with E-state index in [1.807, 2.05) is 18.2 Å². The second kappa shape index (κ2) is 3.97. The SMILES string of the molecule is Cc1cccc2c1CNC2c1ccccc1F. The summed E-state index contributed by atoms with van der Waals surface area (Å²) in [5, 5.41) is 3.38. The zero-order valence-corrected chi connectivity index (χ0v) is 9.70. The summed E-state index contributed by atoms with van der Waals surface area (Å²) < 4.78 is 13.8. The average Bonchev–Trinajstić information content (AvgIpc) is 2.75. The standard InChI is InChI=1S/C15H14FN/c1-10-5-4-7-11-13(10)9-17-15(11)12-6-2-3-8-14(12)16/h2-8,15,17H,9H2,1H3. The molecule has 1 unspecified atom stereocenters. The highest BCUT2D eigenvalue weighted by Gasteiger charge is 2.25. The van der Waals surface area contributed by atoms with E-state index >= 15 is 0 Å². The minimum Gasteiger partial charge on any atom is -0.302 e. The van der Waals surface area contributed by atoms with Crippen LogP contribution in [-0.2, 0) is 6.54 Å². The third-order valence-corrected chi connectivity index (χ3v) is 3.46. The number of hydrogen-bond acceptors (Lipinski definition) is 1. The first-order valence-electron chi connectivity index (χ1n) is 5.83. The van der Waals surface area contributed by atoms with Gasteiger partial charge in [-0.3, -0.25) is 0 Å². The Morgan fingerprint density at radius 3 is 2.65 bits per heavy atom. The Bertz CT molecular complexity index is 563. The number of halogens is 1. The van der Waals surface area contributed by atoms with Gasteiger partial charge in [-0.2, -0.15) is 0 Å². The summed E-state index contributed by atoms with van der Waals surface area (Å²) in [6.07, 6.45) is 0. The number of hydrogen-bond donors (Lipinski definition) is 1. The first-order chi connectivity index (χ1) is 8.27. The fraction of sp³-hybridized carbons (Fsp3) is 0.200. The number of fused-ring (bicyclic) bond motifs is 1. The van der Waals surface area contributed by atoms with Crippen LogP contribution < -0.4 is 5.32 Å². The zero-order valence-electron chi connectivity index (χ0n) is 9.70. The third kappa shape index (κ3) is 1.65. The molecule has 1 atom stereocenters. The summed E-state index contributed by atoms with van der Waals surface area (Å²) in [6, 6.07) is 13.2. The molecule has 1 aliphatic rings. The Balaban J connectivity index is 2.11. The molecule has 1 N–H and O–H groups in total. The molecule has 1 aliphatic heterocycles. The summed E-state index contributed by atoms with van der Waals surface area (Å²) in [7, 11) is 0. The smallest absolute Gasteiger partial charge is 0.128 e. The number of rotatable bonds is 1. The van der Waals surface area contributed by atoms with Crippen LogP contribution in [0.5, 0.6) is 0 Å². The van der Waals surface area contributed by atoms with E-state index in [0.717, 1.165) is 12.1 Å². The third-order valence-electron chi connectivity index (χ3n) is 3.46. The molecule has 2 heteroatoms. The van der Waals surface area contributed by atoms with Crippen molar-refractivity contribution in [3.8, 4) is 0 Å². The molecule has 0 saturated heterocycles. The molecule has 17 heavy (non-hydrogen) atoms. The molecule has 2 aromatic carbocycles. The molecule has 0 fully saturated rings. The summed E-state index contributed by atoms with van der Waals surface area (Å²) >= 11 is 0. The Kier molecular flexibility index (Phi) is 2.45. The zero-order chi connectivity index (χ0) is 11.8. The van der Waals surface area contributed by atoms with E-state index in [1.54, 1.807) is 6.07 Å². The number of nitrogens with one attached hydrogen (secondary N) is 1. The van der Waals surface area contributed by atoms with Crippen molar-refractivity contribution in [2.75, 3.05) is 0 Å². The predicted octanol–water partition coefficient (Wildman–Crippen LogP) is 3.33. The van der Waals surface area contributed by atoms with Crippen molar-refractivity contribution < 1.29 is 4.39 Å². The second-order valence-corrected chi connectivity index (χ2v) is 4.48. The molecule has 0 aromatic heterocycles. The molecular weight excluding hydrogens is 213 g/mol. The lowest BCUT2D eigenvalue weighted by atomic mass is 9.96. The maximum atomic E-state index is 13.8. The topological polar surface area (TPSA) is 12.0 Å². The lowest BCUT2D eigenvalue weighted by Gasteiger charge is -2.13. The Hall–Kier alpha value is -1.67. The first kappa shape index (κ1) is 10.5. The van der Waals surface area contributed by atoms with Gasteiger partial charge in [-0.1, -0.05) is 36.4 Å². The monoisotopic (exact) mass is 227 g/mol. The molecule has 0 amide bonds. The van der Waals surface area contributed by atoms with Crippen molar-refractivity contribution >= 4 is 0 Å². The van der Waals surface area contributed by atoms with Gasteiger partial charge in [-0.25, -0.2) is 4.39 Å². The van der Waals surface area contributed by atoms with Gasteiger partial charge in [-0.15, -0.1) is 0 Å². The molecule has 1 heterocycles. The number of benzene rings is 2. The van der Waals surface area contributed by atoms with Gasteiger partial charge >= 0.3 is 0 Å². The molecule has 0 bridgehead atoms. The fourth-order valence-corrected chi connectivity index (χ4v) is 2.54. The summed E-state index contributed by atoms with van der Waals surface area (Å²) in [5.41, 5.74) is 4.52. The molecule has 0 spiro atoms. The Morgan fingerprint density at radius 1 is 1.06 bits per heavy atom. The van der Waals surface area contributed by atoms with Crippen LogP contribution in [0.3, 0.4) is 0 Å². The van der Waals surface area contributed by atoms with Gasteiger partial charge in [0.05, 0.1) is 6.04 Å². The van der Waals surface area contributed by atoms with E-state index in [0.29, 0.717) is 0 Å². The van der Waals surface area contributed by atoms with Gasteiger partial charge in [0.25, 0.3) is 0 Å². The van der Waals surface area contributed by atoms with Crippen LogP contribution in [0.15, 0.2) is 42.5 Å². The van der Waals surface area contributed by atoms with Crippen LogP contribution in [-0.4, -0.2) is 0 Å². The molecular formula is C15H14FN. The first-order valence-corrected chi connectivity index (χ1v) is 5.83. The van der Waals surface area contributed by atoms with Crippen molar-refractivity contribution in [1.29, 1.82) is 0 Å². The maximum absolute atomic E-state index is 13.8. The molecule has 86 valence electrons. The van der Waals surface area contributed by atoms with Crippen LogP contribution in [0, 0.1) is 12.7 Å². The van der Waals surface area contributed by atoms with Crippen molar-refractivity contribution in [2.24, 2.45) is 0 Å².